The number of anilines is 1. The van der Waals surface area contributed by atoms with E-state index in [1.165, 1.54) is 24.7 Å². The fourth-order valence-electron chi connectivity index (χ4n) is 4.71. The molecular formula is C26H32N7O8P. The highest BCUT2D eigenvalue weighted by Crippen LogP contribution is 2.48. The molecule has 0 aliphatic carbocycles. The van der Waals surface area contributed by atoms with E-state index in [-0.39, 0.29) is 18.2 Å². The van der Waals surface area contributed by atoms with Gasteiger partial charge in [0, 0.05) is 18.0 Å². The summed E-state index contributed by atoms with van der Waals surface area (Å²) in [4.78, 5) is 20.7. The van der Waals surface area contributed by atoms with Crippen LogP contribution in [0.5, 0.6) is 5.75 Å². The second kappa shape index (κ2) is 11.8. The molecule has 6 N–H and O–H groups in total. The molecule has 3 aromatic heterocycles. The Hall–Kier alpha value is -3.85. The van der Waals surface area contributed by atoms with E-state index in [0.717, 1.165) is 0 Å². The molecule has 16 heteroatoms. The number of aliphatic hydroxyl groups excluding tert-OH is 1. The third-order valence-electron chi connectivity index (χ3n) is 6.81. The summed E-state index contributed by atoms with van der Waals surface area (Å²) in [6, 6.07) is 8.91. The first-order valence-electron chi connectivity index (χ1n) is 13.1. The van der Waals surface area contributed by atoms with E-state index in [2.05, 4.69) is 25.3 Å². The summed E-state index contributed by atoms with van der Waals surface area (Å²) in [5.41, 5.74) is 5.89. The second-order valence-corrected chi connectivity index (χ2v) is 11.6. The maximum absolute atomic E-state index is 13.8. The van der Waals surface area contributed by atoms with Gasteiger partial charge in [-0.3, -0.25) is 14.4 Å². The number of nitrogens with two attached hydrogens (primary N) is 1. The second-order valence-electron chi connectivity index (χ2n) is 9.88. The SMILES string of the molecule is CCOC(=O)[C@H](C)NP(=O)(OC[C@H]1O[C@@H](n2cc(-c3ccn[nH]3)c3c(N)ncnc32)[C@](C)(O)[C@@H]1O)Oc1ccccc1. The first-order chi connectivity index (χ1) is 20.0. The van der Waals surface area contributed by atoms with Gasteiger partial charge in [-0.05, 0) is 39.0 Å². The van der Waals surface area contributed by atoms with Crippen LogP contribution in [0.15, 0.2) is 55.1 Å². The molecule has 1 fully saturated rings. The highest BCUT2D eigenvalue weighted by molar-refractivity contribution is 7.52. The summed E-state index contributed by atoms with van der Waals surface area (Å²) in [6.45, 7) is 4.14. The third kappa shape index (κ3) is 5.75. The molecule has 42 heavy (non-hydrogen) atoms. The minimum Gasteiger partial charge on any atom is -0.465 e. The van der Waals surface area contributed by atoms with Crippen molar-refractivity contribution in [3.63, 3.8) is 0 Å². The monoisotopic (exact) mass is 601 g/mol. The average Bonchev–Trinajstić information content (AvgIpc) is 3.67. The van der Waals surface area contributed by atoms with Gasteiger partial charge in [-0.1, -0.05) is 18.2 Å². The molecule has 1 unspecified atom stereocenters. The lowest BCUT2D eigenvalue weighted by Gasteiger charge is -2.27. The summed E-state index contributed by atoms with van der Waals surface area (Å²) in [5, 5.41) is 32.5. The van der Waals surface area contributed by atoms with E-state index in [1.807, 2.05) is 0 Å². The zero-order valence-corrected chi connectivity index (χ0v) is 24.0. The topological polar surface area (TPSA) is 209 Å². The van der Waals surface area contributed by atoms with Crippen molar-refractivity contribution in [3.8, 4) is 17.0 Å². The Morgan fingerprint density at radius 1 is 1.31 bits per heavy atom. The number of carbonyl (C=O) groups is 1. The molecule has 5 rings (SSSR count). The van der Waals surface area contributed by atoms with Crippen LogP contribution in [-0.2, 0) is 23.4 Å². The maximum atomic E-state index is 13.8. The van der Waals surface area contributed by atoms with Crippen LogP contribution in [0.4, 0.5) is 5.82 Å². The highest BCUT2D eigenvalue weighted by Gasteiger charge is 2.54. The van der Waals surface area contributed by atoms with E-state index in [4.69, 9.17) is 24.3 Å². The van der Waals surface area contributed by atoms with Gasteiger partial charge < -0.3 is 34.5 Å². The first-order valence-corrected chi connectivity index (χ1v) is 14.7. The normalized spacial score (nSPS) is 24.4. The predicted octanol–water partition coefficient (Wildman–Crippen LogP) is 2.16. The third-order valence-corrected chi connectivity index (χ3v) is 8.45. The van der Waals surface area contributed by atoms with Crippen LogP contribution in [0, 0.1) is 0 Å². The van der Waals surface area contributed by atoms with Gasteiger partial charge in [-0.2, -0.15) is 10.2 Å². The van der Waals surface area contributed by atoms with Gasteiger partial charge in [0.05, 0.1) is 24.3 Å². The Kier molecular flexibility index (Phi) is 8.32. The van der Waals surface area contributed by atoms with Crippen molar-refractivity contribution in [2.45, 2.75) is 50.8 Å². The van der Waals surface area contributed by atoms with Gasteiger partial charge in [-0.25, -0.2) is 14.5 Å². The van der Waals surface area contributed by atoms with E-state index in [1.54, 1.807) is 55.7 Å². The quantitative estimate of drug-likeness (QED) is 0.123. The number of nitrogens with one attached hydrogen (secondary N) is 2. The number of rotatable bonds is 11. The molecule has 1 aliphatic heterocycles. The van der Waals surface area contributed by atoms with Gasteiger partial charge in [0.25, 0.3) is 0 Å². The van der Waals surface area contributed by atoms with Gasteiger partial charge in [0.1, 0.15) is 47.4 Å². The number of hydrogen-bond donors (Lipinski definition) is 5. The van der Waals surface area contributed by atoms with Crippen LogP contribution >= 0.6 is 7.75 Å². The van der Waals surface area contributed by atoms with Crippen LogP contribution in [-0.4, -0.2) is 78.0 Å². The Morgan fingerprint density at radius 2 is 2.07 bits per heavy atom. The lowest BCUT2D eigenvalue weighted by molar-refractivity contribution is -0.144. The molecule has 1 aromatic carbocycles. The first kappa shape index (κ1) is 29.6. The largest absolute Gasteiger partial charge is 0.465 e. The number of esters is 1. The Labute approximate surface area is 240 Å². The van der Waals surface area contributed by atoms with Gasteiger partial charge >= 0.3 is 13.7 Å². The molecule has 0 spiro atoms. The number of fused-ring (bicyclic) bond motifs is 1. The van der Waals surface area contributed by atoms with E-state index >= 15 is 0 Å². The minimum atomic E-state index is -4.24. The number of benzene rings is 1. The Bertz CT molecular complexity index is 1580. The molecule has 0 saturated carbocycles. The van der Waals surface area contributed by atoms with Crippen molar-refractivity contribution in [1.82, 2.24) is 29.8 Å². The van der Waals surface area contributed by atoms with Gasteiger partial charge in [0.15, 0.2) is 6.23 Å². The number of aromatic nitrogens is 5. The summed E-state index contributed by atoms with van der Waals surface area (Å²) >= 11 is 0. The molecule has 224 valence electrons. The molecule has 15 nitrogen and oxygen atoms in total. The fraction of sp³-hybridized carbons (Fsp3) is 0.385. The van der Waals surface area contributed by atoms with E-state index in [0.29, 0.717) is 22.3 Å². The van der Waals surface area contributed by atoms with Crippen molar-refractivity contribution in [2.24, 2.45) is 0 Å². The van der Waals surface area contributed by atoms with Crippen molar-refractivity contribution in [2.75, 3.05) is 18.9 Å². The molecular weight excluding hydrogens is 569 g/mol. The van der Waals surface area contributed by atoms with Crippen molar-refractivity contribution >= 4 is 30.6 Å². The van der Waals surface area contributed by atoms with Crippen molar-refractivity contribution < 1.29 is 38.1 Å². The van der Waals surface area contributed by atoms with E-state index in [9.17, 15) is 19.6 Å². The summed E-state index contributed by atoms with van der Waals surface area (Å²) in [5.74, 6) is -0.251. The molecule has 1 saturated heterocycles. The summed E-state index contributed by atoms with van der Waals surface area (Å²) in [6.07, 6.45) is 0.663. The summed E-state index contributed by atoms with van der Waals surface area (Å²) < 4.78 is 37.8. The Balaban J connectivity index is 1.41. The molecule has 0 bridgehead atoms. The molecule has 4 aromatic rings. The van der Waals surface area contributed by atoms with Gasteiger partial charge in [-0.15, -0.1) is 0 Å². The number of para-hydroxylation sites is 1. The lowest BCUT2D eigenvalue weighted by atomic mass is 9.96. The van der Waals surface area contributed by atoms with Crippen LogP contribution in [0.3, 0.4) is 0 Å². The number of nitrogen functional groups attached to an aromatic ring is 1. The molecule has 4 heterocycles. The smallest absolute Gasteiger partial charge is 0.459 e. The highest BCUT2D eigenvalue weighted by atomic mass is 31.2. The number of carbonyl (C=O) groups excluding carboxylic acids is 1. The maximum Gasteiger partial charge on any atom is 0.459 e. The van der Waals surface area contributed by atoms with Crippen LogP contribution in [0.1, 0.15) is 27.0 Å². The number of H-pyrrole nitrogens is 1. The fourth-order valence-corrected chi connectivity index (χ4v) is 6.22. The number of aliphatic hydroxyl groups is 2. The van der Waals surface area contributed by atoms with Gasteiger partial charge in [0.2, 0.25) is 0 Å². The predicted molar refractivity (Wildman–Crippen MR) is 150 cm³/mol. The number of hydrogen-bond acceptors (Lipinski definition) is 12. The molecule has 6 atom stereocenters. The molecule has 1 aliphatic rings. The zero-order valence-electron chi connectivity index (χ0n) is 23.1. The number of nitrogens with zero attached hydrogens (tertiary/aromatic N) is 4. The van der Waals surface area contributed by atoms with Crippen molar-refractivity contribution in [3.05, 3.63) is 55.1 Å². The average molecular weight is 602 g/mol. The van der Waals surface area contributed by atoms with E-state index < -0.39 is 50.4 Å². The van der Waals surface area contributed by atoms with Crippen LogP contribution < -0.4 is 15.3 Å². The zero-order chi connectivity index (χ0) is 30.1. The van der Waals surface area contributed by atoms with Crippen LogP contribution in [0.2, 0.25) is 0 Å². The van der Waals surface area contributed by atoms with Crippen LogP contribution in [0.25, 0.3) is 22.3 Å². The standard InChI is InChI=1S/C26H32N7O8P/c1-4-38-24(35)15(2)32-42(37,41-16-8-6-5-7-9-16)39-13-19-21(34)26(3,36)25(40-19)33-12-17(18-10-11-30-31-18)20-22(27)28-14-29-23(20)33/h5-12,14-15,19,21,25,34,36H,4,13H2,1-3H3,(H,30,31)(H,32,37)(H2,27,28,29)/t15-,19+,21+,25+,26+,42?/m0/s1. The molecule has 0 amide bonds. The molecule has 0 radical (unpaired) electrons. The number of ether oxygens (including phenoxy) is 2. The minimum absolute atomic E-state index is 0.126. The van der Waals surface area contributed by atoms with Crippen molar-refractivity contribution in [1.29, 1.82) is 0 Å². The summed E-state index contributed by atoms with van der Waals surface area (Å²) in [7, 11) is -4.24. The Morgan fingerprint density at radius 3 is 2.76 bits per heavy atom. The lowest BCUT2D eigenvalue weighted by Crippen LogP contribution is -2.44. The number of aromatic amines is 1.